The minimum atomic E-state index is -5.02. The Bertz CT molecular complexity index is 1140. The third-order valence-electron chi connectivity index (χ3n) is 7.30. The molecular formula is C26H26F9N3O. The molecule has 4 rings (SSSR count). The standard InChI is InChI=1S/C26H26F9N3O/c1-13(36-24(39)15-2-3-15)14-4-6-17(7-5-14)38-9-8-25(12-38,26(33,34)35)16-10-18(20(27)22(29)30)37-19(11-16)21(28)23(31)32/h4-7,10-11,13,15,20-23H,2-3,8-9,12H2,1H3,(H,36,39)/t13-,20?,21?,25?/m0/s1. The van der Waals surface area contributed by atoms with Crippen molar-refractivity contribution in [3.05, 3.63) is 58.9 Å². The SMILES string of the molecule is C[C@H](NC(=O)C1CC1)c1ccc(N2CCC(c3cc(C(F)C(F)F)nc(C(F)C(F)F)c3)(C(F)(F)F)C2)cc1. The van der Waals surface area contributed by atoms with Crippen LogP contribution in [0.5, 0.6) is 0 Å². The second-order valence-electron chi connectivity index (χ2n) is 10.0. The summed E-state index contributed by atoms with van der Waals surface area (Å²) in [7, 11) is 0. The van der Waals surface area contributed by atoms with Crippen molar-refractivity contribution >= 4 is 11.6 Å². The van der Waals surface area contributed by atoms with Crippen molar-refractivity contribution in [2.75, 3.05) is 18.0 Å². The van der Waals surface area contributed by atoms with Crippen LogP contribution >= 0.6 is 0 Å². The Balaban J connectivity index is 1.64. The molecule has 1 N–H and O–H groups in total. The molecule has 1 aliphatic heterocycles. The van der Waals surface area contributed by atoms with Gasteiger partial charge in [0.2, 0.25) is 18.3 Å². The molecule has 1 aliphatic carbocycles. The summed E-state index contributed by atoms with van der Waals surface area (Å²) in [5.74, 6) is -0.0651. The summed E-state index contributed by atoms with van der Waals surface area (Å²) in [6, 6.07) is 7.01. The molecule has 1 saturated heterocycles. The van der Waals surface area contributed by atoms with Crippen molar-refractivity contribution < 1.29 is 44.3 Å². The molecule has 2 fully saturated rings. The highest BCUT2D eigenvalue weighted by atomic mass is 19.4. The van der Waals surface area contributed by atoms with E-state index in [-0.39, 0.29) is 24.4 Å². The van der Waals surface area contributed by atoms with Crippen molar-refractivity contribution in [3.63, 3.8) is 0 Å². The monoisotopic (exact) mass is 567 g/mol. The first-order valence-electron chi connectivity index (χ1n) is 12.3. The average Bonchev–Trinajstić information content (AvgIpc) is 3.64. The third kappa shape index (κ3) is 5.96. The lowest BCUT2D eigenvalue weighted by Crippen LogP contribution is -2.45. The number of nitrogens with zero attached hydrogens (tertiary/aromatic N) is 2. The van der Waals surface area contributed by atoms with Gasteiger partial charge in [-0.15, -0.1) is 0 Å². The predicted octanol–water partition coefficient (Wildman–Crippen LogP) is 6.93. The molecule has 2 aromatic rings. The van der Waals surface area contributed by atoms with Gasteiger partial charge in [0, 0.05) is 24.7 Å². The molecule has 4 atom stereocenters. The fourth-order valence-corrected chi connectivity index (χ4v) is 4.79. The molecule has 2 aliphatic rings. The summed E-state index contributed by atoms with van der Waals surface area (Å²) >= 11 is 0. The van der Waals surface area contributed by atoms with Gasteiger partial charge in [-0.1, -0.05) is 12.1 Å². The average molecular weight is 567 g/mol. The number of carbonyl (C=O) groups is 1. The molecule has 2 heterocycles. The van der Waals surface area contributed by atoms with Crippen molar-refractivity contribution in [2.45, 2.75) is 69.0 Å². The van der Waals surface area contributed by atoms with Gasteiger partial charge in [-0.05, 0) is 61.6 Å². The van der Waals surface area contributed by atoms with Crippen LogP contribution in [0.4, 0.5) is 45.2 Å². The summed E-state index contributed by atoms with van der Waals surface area (Å²) in [6.07, 6.45) is -17.8. The molecule has 1 aromatic carbocycles. The van der Waals surface area contributed by atoms with E-state index >= 15 is 0 Å². The summed E-state index contributed by atoms with van der Waals surface area (Å²) < 4.78 is 124. The number of halogens is 9. The van der Waals surface area contributed by atoms with Gasteiger partial charge in [-0.25, -0.2) is 26.3 Å². The van der Waals surface area contributed by atoms with E-state index in [1.54, 1.807) is 31.2 Å². The number of aromatic nitrogens is 1. The first-order valence-corrected chi connectivity index (χ1v) is 12.3. The van der Waals surface area contributed by atoms with E-state index < -0.39 is 66.7 Å². The smallest absolute Gasteiger partial charge is 0.370 e. The van der Waals surface area contributed by atoms with E-state index in [0.717, 1.165) is 18.4 Å². The van der Waals surface area contributed by atoms with Crippen LogP contribution in [0, 0.1) is 5.92 Å². The van der Waals surface area contributed by atoms with Gasteiger partial charge in [0.1, 0.15) is 5.41 Å². The maximum Gasteiger partial charge on any atom is 0.400 e. The van der Waals surface area contributed by atoms with Gasteiger partial charge >= 0.3 is 6.18 Å². The number of pyridine rings is 1. The summed E-state index contributed by atoms with van der Waals surface area (Å²) in [4.78, 5) is 16.6. The van der Waals surface area contributed by atoms with Crippen LogP contribution in [0.25, 0.3) is 0 Å². The van der Waals surface area contributed by atoms with Crippen LogP contribution in [0.2, 0.25) is 0 Å². The van der Waals surface area contributed by atoms with E-state index in [2.05, 4.69) is 10.3 Å². The van der Waals surface area contributed by atoms with Gasteiger partial charge in [0.15, 0.2) is 0 Å². The zero-order valence-corrected chi connectivity index (χ0v) is 20.7. The number of hydrogen-bond donors (Lipinski definition) is 1. The minimum Gasteiger partial charge on any atom is -0.370 e. The van der Waals surface area contributed by atoms with Gasteiger partial charge in [-0.3, -0.25) is 9.78 Å². The normalized spacial score (nSPS) is 22.3. The number of rotatable bonds is 9. The van der Waals surface area contributed by atoms with Gasteiger partial charge in [0.25, 0.3) is 12.9 Å². The number of anilines is 1. The Kier molecular flexibility index (Phi) is 8.09. The van der Waals surface area contributed by atoms with E-state index in [9.17, 15) is 44.3 Å². The van der Waals surface area contributed by atoms with Gasteiger partial charge < -0.3 is 10.2 Å². The zero-order valence-electron chi connectivity index (χ0n) is 20.7. The first kappa shape index (κ1) is 29.0. The Morgan fingerprint density at radius 2 is 1.51 bits per heavy atom. The number of carbonyl (C=O) groups excluding carboxylic acids is 1. The molecule has 214 valence electrons. The summed E-state index contributed by atoms with van der Waals surface area (Å²) in [5, 5.41) is 2.87. The molecule has 1 amide bonds. The molecule has 0 radical (unpaired) electrons. The highest BCUT2D eigenvalue weighted by Gasteiger charge is 2.59. The zero-order chi connectivity index (χ0) is 28.7. The maximum atomic E-state index is 14.6. The van der Waals surface area contributed by atoms with Crippen molar-refractivity contribution in [1.82, 2.24) is 10.3 Å². The maximum absolute atomic E-state index is 14.6. The number of amides is 1. The predicted molar refractivity (Wildman–Crippen MR) is 124 cm³/mol. The third-order valence-corrected chi connectivity index (χ3v) is 7.30. The molecule has 4 nitrogen and oxygen atoms in total. The topological polar surface area (TPSA) is 45.2 Å². The largest absolute Gasteiger partial charge is 0.400 e. The van der Waals surface area contributed by atoms with Crippen molar-refractivity contribution in [1.29, 1.82) is 0 Å². The fourth-order valence-electron chi connectivity index (χ4n) is 4.79. The van der Waals surface area contributed by atoms with Crippen LogP contribution in [0.1, 0.15) is 67.1 Å². The highest BCUT2D eigenvalue weighted by molar-refractivity contribution is 5.81. The van der Waals surface area contributed by atoms with Crippen LogP contribution < -0.4 is 10.2 Å². The molecule has 3 unspecified atom stereocenters. The lowest BCUT2D eigenvalue weighted by Gasteiger charge is -2.33. The Labute approximate surface area is 218 Å². The van der Waals surface area contributed by atoms with Crippen LogP contribution in [-0.2, 0) is 10.2 Å². The number of benzene rings is 1. The van der Waals surface area contributed by atoms with E-state index in [4.69, 9.17) is 0 Å². The molecule has 0 spiro atoms. The van der Waals surface area contributed by atoms with E-state index in [0.29, 0.717) is 17.8 Å². The van der Waals surface area contributed by atoms with Crippen LogP contribution in [0.3, 0.4) is 0 Å². The quantitative estimate of drug-likeness (QED) is 0.335. The van der Waals surface area contributed by atoms with Crippen molar-refractivity contribution in [3.8, 4) is 0 Å². The van der Waals surface area contributed by atoms with Gasteiger partial charge in [0.05, 0.1) is 17.4 Å². The Morgan fingerprint density at radius 3 is 1.97 bits per heavy atom. The Hall–Kier alpha value is -2.99. The van der Waals surface area contributed by atoms with Crippen LogP contribution in [-0.4, -0.2) is 43.0 Å². The Morgan fingerprint density at radius 1 is 0.974 bits per heavy atom. The van der Waals surface area contributed by atoms with E-state index in [1.165, 1.54) is 4.90 Å². The number of hydrogen-bond acceptors (Lipinski definition) is 3. The lowest BCUT2D eigenvalue weighted by atomic mass is 9.78. The molecule has 1 aromatic heterocycles. The second-order valence-corrected chi connectivity index (χ2v) is 10.0. The van der Waals surface area contributed by atoms with Gasteiger partial charge in [-0.2, -0.15) is 13.2 Å². The first-order chi connectivity index (χ1) is 18.2. The van der Waals surface area contributed by atoms with E-state index in [1.807, 2.05) is 0 Å². The molecule has 39 heavy (non-hydrogen) atoms. The molecular weight excluding hydrogens is 541 g/mol. The molecule has 1 saturated carbocycles. The minimum absolute atomic E-state index is 0.00257. The fraction of sp³-hybridized carbons (Fsp3) is 0.538. The highest BCUT2D eigenvalue weighted by Crippen LogP contribution is 2.49. The number of alkyl halides is 9. The second kappa shape index (κ2) is 10.9. The molecule has 13 heteroatoms. The van der Waals surface area contributed by atoms with Crippen LogP contribution in [0.15, 0.2) is 36.4 Å². The summed E-state index contributed by atoms with van der Waals surface area (Å²) in [6.45, 7) is 0.860. The number of nitrogens with one attached hydrogen (secondary N) is 1. The molecule has 0 bridgehead atoms. The summed E-state index contributed by atoms with van der Waals surface area (Å²) in [5.41, 5.74) is -4.97. The lowest BCUT2D eigenvalue weighted by molar-refractivity contribution is -0.184. The van der Waals surface area contributed by atoms with Crippen molar-refractivity contribution in [2.24, 2.45) is 5.92 Å².